The molecule has 1 fully saturated rings. The summed E-state index contributed by atoms with van der Waals surface area (Å²) in [6.45, 7) is 3.76. The van der Waals surface area contributed by atoms with Gasteiger partial charge in [0, 0.05) is 19.2 Å². The summed E-state index contributed by atoms with van der Waals surface area (Å²) in [6, 6.07) is 9.26. The molecule has 1 N–H and O–H groups in total. The number of aromatic nitrogens is 2. The van der Waals surface area contributed by atoms with Crippen molar-refractivity contribution in [2.24, 2.45) is 5.92 Å². The van der Waals surface area contributed by atoms with E-state index in [0.29, 0.717) is 23.2 Å². The number of likely N-dealkylation sites (tertiary alicyclic amines) is 1. The Labute approximate surface area is 141 Å². The van der Waals surface area contributed by atoms with Gasteiger partial charge in [-0.1, -0.05) is 19.1 Å². The van der Waals surface area contributed by atoms with Crippen LogP contribution in [0.2, 0.25) is 0 Å². The topological polar surface area (TPSA) is 67.3 Å². The molecule has 0 aliphatic carbocycles. The molecular formula is C18H22N4O2. The molecule has 24 heavy (non-hydrogen) atoms. The van der Waals surface area contributed by atoms with Crippen molar-refractivity contribution >= 4 is 17.4 Å². The first-order chi connectivity index (χ1) is 11.7. The van der Waals surface area contributed by atoms with Crippen LogP contribution < -0.4 is 10.1 Å². The van der Waals surface area contributed by atoms with Crippen molar-refractivity contribution < 1.29 is 9.53 Å². The number of rotatable bonds is 4. The molecule has 1 aromatic heterocycles. The van der Waals surface area contributed by atoms with Gasteiger partial charge in [-0.25, -0.2) is 9.97 Å². The van der Waals surface area contributed by atoms with Crippen LogP contribution in [-0.4, -0.2) is 41.0 Å². The van der Waals surface area contributed by atoms with E-state index in [9.17, 15) is 4.79 Å². The quantitative estimate of drug-likeness (QED) is 0.935. The number of hydrogen-bond acceptors (Lipinski definition) is 5. The van der Waals surface area contributed by atoms with Crippen LogP contribution >= 0.6 is 0 Å². The number of carbonyl (C=O) groups excluding carboxylic acids is 1. The number of carbonyl (C=O) groups is 1. The highest BCUT2D eigenvalue weighted by Gasteiger charge is 2.23. The van der Waals surface area contributed by atoms with Gasteiger partial charge in [0.1, 0.15) is 23.6 Å². The van der Waals surface area contributed by atoms with Gasteiger partial charge >= 0.3 is 0 Å². The van der Waals surface area contributed by atoms with Crippen LogP contribution in [-0.2, 0) is 0 Å². The molecule has 1 unspecified atom stereocenters. The van der Waals surface area contributed by atoms with Crippen molar-refractivity contribution in [3.63, 3.8) is 0 Å². The minimum atomic E-state index is -0.0352. The first kappa shape index (κ1) is 16.2. The number of nitrogens with zero attached hydrogens (tertiary/aromatic N) is 3. The van der Waals surface area contributed by atoms with Crippen LogP contribution in [0.15, 0.2) is 36.7 Å². The lowest BCUT2D eigenvalue weighted by atomic mass is 10.00. The van der Waals surface area contributed by atoms with Crippen molar-refractivity contribution in [1.29, 1.82) is 0 Å². The molecule has 0 saturated carbocycles. The predicted octanol–water partition coefficient (Wildman–Crippen LogP) is 3.10. The zero-order chi connectivity index (χ0) is 16.9. The minimum absolute atomic E-state index is 0.0352. The van der Waals surface area contributed by atoms with Gasteiger partial charge in [0.05, 0.1) is 12.8 Å². The summed E-state index contributed by atoms with van der Waals surface area (Å²) in [6.07, 6.45) is 3.64. The van der Waals surface area contributed by atoms with E-state index in [4.69, 9.17) is 4.74 Å². The second-order valence-corrected chi connectivity index (χ2v) is 6.11. The molecule has 1 aliphatic heterocycles. The first-order valence-electron chi connectivity index (χ1n) is 8.18. The van der Waals surface area contributed by atoms with E-state index in [1.807, 2.05) is 29.2 Å². The monoisotopic (exact) mass is 326 g/mol. The molecule has 126 valence electrons. The number of benzene rings is 1. The number of hydrogen-bond donors (Lipinski definition) is 1. The van der Waals surface area contributed by atoms with Crippen LogP contribution in [0, 0.1) is 5.92 Å². The lowest BCUT2D eigenvalue weighted by molar-refractivity contribution is 0.0677. The van der Waals surface area contributed by atoms with Crippen LogP contribution in [0.3, 0.4) is 0 Å². The summed E-state index contributed by atoms with van der Waals surface area (Å²) < 4.78 is 5.32. The van der Waals surface area contributed by atoms with Gasteiger partial charge in [0.25, 0.3) is 5.91 Å². The maximum atomic E-state index is 12.7. The SMILES string of the molecule is COc1ccccc1Nc1cc(C(=O)N2CCCC(C)C2)ncn1. The average molecular weight is 326 g/mol. The van der Waals surface area contributed by atoms with Gasteiger partial charge in [0.2, 0.25) is 0 Å². The molecule has 6 heteroatoms. The van der Waals surface area contributed by atoms with E-state index in [-0.39, 0.29) is 5.91 Å². The fourth-order valence-electron chi connectivity index (χ4n) is 2.96. The fourth-order valence-corrected chi connectivity index (χ4v) is 2.96. The zero-order valence-electron chi connectivity index (χ0n) is 14.0. The maximum Gasteiger partial charge on any atom is 0.272 e. The van der Waals surface area contributed by atoms with E-state index in [1.165, 1.54) is 12.7 Å². The Bertz CT molecular complexity index is 720. The van der Waals surface area contributed by atoms with Gasteiger partial charge < -0.3 is 15.0 Å². The molecule has 6 nitrogen and oxygen atoms in total. The molecule has 0 spiro atoms. The second kappa shape index (κ2) is 7.29. The Hall–Kier alpha value is -2.63. The molecule has 1 aliphatic rings. The molecule has 0 bridgehead atoms. The number of amides is 1. The third-order valence-electron chi connectivity index (χ3n) is 4.20. The molecule has 2 aromatic rings. The second-order valence-electron chi connectivity index (χ2n) is 6.11. The van der Waals surface area contributed by atoms with Gasteiger partial charge in [0.15, 0.2) is 0 Å². The van der Waals surface area contributed by atoms with Crippen molar-refractivity contribution in [2.75, 3.05) is 25.5 Å². The highest BCUT2D eigenvalue weighted by Crippen LogP contribution is 2.26. The van der Waals surface area contributed by atoms with Crippen molar-refractivity contribution in [1.82, 2.24) is 14.9 Å². The van der Waals surface area contributed by atoms with E-state index >= 15 is 0 Å². The normalized spacial score (nSPS) is 17.4. The largest absolute Gasteiger partial charge is 0.495 e. The van der Waals surface area contributed by atoms with Crippen molar-refractivity contribution in [2.45, 2.75) is 19.8 Å². The standard InChI is InChI=1S/C18H22N4O2/c1-13-6-5-9-22(11-13)18(23)15-10-17(20-12-19-15)21-14-7-3-4-8-16(14)24-2/h3-4,7-8,10,12-13H,5-6,9,11H2,1-2H3,(H,19,20,21). The molecule has 1 amide bonds. The molecule has 0 radical (unpaired) electrons. The lowest BCUT2D eigenvalue weighted by Crippen LogP contribution is -2.39. The summed E-state index contributed by atoms with van der Waals surface area (Å²) in [5.41, 5.74) is 1.21. The number of ether oxygens (including phenoxy) is 1. The Morgan fingerprint density at radius 2 is 2.17 bits per heavy atom. The third kappa shape index (κ3) is 3.64. The van der Waals surface area contributed by atoms with E-state index < -0.39 is 0 Å². The van der Waals surface area contributed by atoms with Gasteiger partial charge in [-0.3, -0.25) is 4.79 Å². The van der Waals surface area contributed by atoms with Crippen LogP contribution in [0.5, 0.6) is 5.75 Å². The summed E-state index contributed by atoms with van der Waals surface area (Å²) in [5, 5.41) is 3.18. The smallest absolute Gasteiger partial charge is 0.272 e. The fraction of sp³-hybridized carbons (Fsp3) is 0.389. The minimum Gasteiger partial charge on any atom is -0.495 e. The van der Waals surface area contributed by atoms with Gasteiger partial charge in [-0.15, -0.1) is 0 Å². The Balaban J connectivity index is 1.77. The molecule has 1 aromatic carbocycles. The number of methoxy groups -OCH3 is 1. The number of piperidine rings is 1. The van der Waals surface area contributed by atoms with E-state index in [2.05, 4.69) is 22.2 Å². The highest BCUT2D eigenvalue weighted by molar-refractivity contribution is 5.93. The predicted molar refractivity (Wildman–Crippen MR) is 92.6 cm³/mol. The zero-order valence-corrected chi connectivity index (χ0v) is 14.0. The molecule has 3 rings (SSSR count). The molecule has 2 heterocycles. The Morgan fingerprint density at radius 1 is 1.33 bits per heavy atom. The van der Waals surface area contributed by atoms with Gasteiger partial charge in [-0.05, 0) is 30.9 Å². The van der Waals surface area contributed by atoms with Crippen LogP contribution in [0.25, 0.3) is 0 Å². The number of anilines is 2. The summed E-state index contributed by atoms with van der Waals surface area (Å²) in [7, 11) is 1.62. The van der Waals surface area contributed by atoms with Crippen molar-refractivity contribution in [3.8, 4) is 5.75 Å². The summed E-state index contributed by atoms with van der Waals surface area (Å²) in [5.74, 6) is 1.79. The highest BCUT2D eigenvalue weighted by atomic mass is 16.5. The van der Waals surface area contributed by atoms with Crippen LogP contribution in [0.4, 0.5) is 11.5 Å². The third-order valence-corrected chi connectivity index (χ3v) is 4.20. The number of para-hydroxylation sites is 2. The van der Waals surface area contributed by atoms with E-state index in [0.717, 1.165) is 25.2 Å². The molecule has 1 atom stereocenters. The Kier molecular flexibility index (Phi) is 4.93. The van der Waals surface area contributed by atoms with Crippen molar-refractivity contribution in [3.05, 3.63) is 42.4 Å². The van der Waals surface area contributed by atoms with E-state index in [1.54, 1.807) is 13.2 Å². The first-order valence-corrected chi connectivity index (χ1v) is 8.18. The average Bonchev–Trinajstić information content (AvgIpc) is 2.62. The molecular weight excluding hydrogens is 304 g/mol. The summed E-state index contributed by atoms with van der Waals surface area (Å²) in [4.78, 5) is 22.9. The van der Waals surface area contributed by atoms with Gasteiger partial charge in [-0.2, -0.15) is 0 Å². The maximum absolute atomic E-state index is 12.7. The Morgan fingerprint density at radius 3 is 2.96 bits per heavy atom. The summed E-state index contributed by atoms with van der Waals surface area (Å²) >= 11 is 0. The number of nitrogens with one attached hydrogen (secondary N) is 1. The lowest BCUT2D eigenvalue weighted by Gasteiger charge is -2.30. The molecule has 1 saturated heterocycles. The van der Waals surface area contributed by atoms with Crippen LogP contribution in [0.1, 0.15) is 30.3 Å².